The monoisotopic (exact) mass is 278 g/mol. The molecule has 110 valence electrons. The number of nitrogens with zero attached hydrogens (tertiary/aromatic N) is 1. The molecule has 20 heavy (non-hydrogen) atoms. The van der Waals surface area contributed by atoms with Gasteiger partial charge in [-0.05, 0) is 32.4 Å². The molecule has 0 aromatic heterocycles. The minimum Gasteiger partial charge on any atom is -0.339 e. The Labute approximate surface area is 120 Å². The number of carbonyl (C=O) groups is 1. The van der Waals surface area contributed by atoms with Crippen LogP contribution in [0.2, 0.25) is 0 Å². The largest absolute Gasteiger partial charge is 0.339 e. The van der Waals surface area contributed by atoms with Crippen LogP contribution in [0, 0.1) is 5.82 Å². The Morgan fingerprint density at radius 3 is 2.85 bits per heavy atom. The zero-order chi connectivity index (χ0) is 14.5. The van der Waals surface area contributed by atoms with E-state index in [4.69, 9.17) is 0 Å². The summed E-state index contributed by atoms with van der Waals surface area (Å²) in [6.45, 7) is 2.86. The van der Waals surface area contributed by atoms with Crippen LogP contribution in [0.3, 0.4) is 0 Å². The normalized spacial score (nSPS) is 20.4. The van der Waals surface area contributed by atoms with Crippen molar-refractivity contribution in [2.24, 2.45) is 0 Å². The van der Waals surface area contributed by atoms with Crippen LogP contribution in [0.1, 0.15) is 44.2 Å². The summed E-state index contributed by atoms with van der Waals surface area (Å²) in [6.07, 6.45) is 3.91. The van der Waals surface area contributed by atoms with Crippen molar-refractivity contribution in [1.29, 1.82) is 0 Å². The van der Waals surface area contributed by atoms with E-state index >= 15 is 0 Å². The van der Waals surface area contributed by atoms with Crippen LogP contribution in [0.5, 0.6) is 0 Å². The summed E-state index contributed by atoms with van der Waals surface area (Å²) in [7, 11) is 1.75. The molecule has 1 aromatic rings. The summed E-state index contributed by atoms with van der Waals surface area (Å²) in [4.78, 5) is 13.9. The second-order valence-electron chi connectivity index (χ2n) is 5.55. The maximum atomic E-state index is 13.8. The van der Waals surface area contributed by atoms with Gasteiger partial charge < -0.3 is 10.2 Å². The second-order valence-corrected chi connectivity index (χ2v) is 5.55. The van der Waals surface area contributed by atoms with Crippen LogP contribution in [0.15, 0.2) is 24.3 Å². The zero-order valence-electron chi connectivity index (χ0n) is 12.2. The number of halogens is 1. The second kappa shape index (κ2) is 6.84. The molecule has 1 saturated heterocycles. The molecule has 1 aromatic carbocycles. The lowest BCUT2D eigenvalue weighted by Gasteiger charge is -2.29. The molecule has 2 unspecified atom stereocenters. The molecule has 1 fully saturated rings. The van der Waals surface area contributed by atoms with Gasteiger partial charge in [0.05, 0.1) is 6.04 Å². The summed E-state index contributed by atoms with van der Waals surface area (Å²) in [6, 6.07) is 6.67. The van der Waals surface area contributed by atoms with Crippen molar-refractivity contribution in [3.63, 3.8) is 0 Å². The van der Waals surface area contributed by atoms with Crippen molar-refractivity contribution in [1.82, 2.24) is 10.2 Å². The highest BCUT2D eigenvalue weighted by Crippen LogP contribution is 2.23. The number of hydrogen-bond donors (Lipinski definition) is 1. The molecule has 0 radical (unpaired) electrons. The van der Waals surface area contributed by atoms with E-state index in [-0.39, 0.29) is 23.8 Å². The summed E-state index contributed by atoms with van der Waals surface area (Å²) in [5.41, 5.74) is 0.569. The van der Waals surface area contributed by atoms with Crippen LogP contribution < -0.4 is 5.32 Å². The van der Waals surface area contributed by atoms with Crippen molar-refractivity contribution < 1.29 is 9.18 Å². The highest BCUT2D eigenvalue weighted by Gasteiger charge is 2.23. The molecule has 4 heteroatoms. The Bertz CT molecular complexity index is 458. The van der Waals surface area contributed by atoms with E-state index in [9.17, 15) is 9.18 Å². The first kappa shape index (κ1) is 15.0. The molecular formula is C16H23FN2O. The molecule has 1 heterocycles. The maximum absolute atomic E-state index is 13.8. The third-order valence-corrected chi connectivity index (χ3v) is 4.16. The summed E-state index contributed by atoms with van der Waals surface area (Å²) < 4.78 is 13.8. The van der Waals surface area contributed by atoms with Gasteiger partial charge in [0.25, 0.3) is 0 Å². The number of amides is 1. The smallest absolute Gasteiger partial charge is 0.224 e. The standard InChI is InChI=1S/C16H23FN2O/c1-12(14-8-3-4-9-15(14)17)19(2)16(20)11-13-7-5-6-10-18-13/h3-4,8-9,12-13,18H,5-7,10-11H2,1-2H3. The van der Waals surface area contributed by atoms with E-state index in [1.54, 1.807) is 30.1 Å². The SMILES string of the molecule is CC(c1ccccc1F)N(C)C(=O)CC1CCCCN1. The molecule has 2 rings (SSSR count). The van der Waals surface area contributed by atoms with E-state index in [2.05, 4.69) is 5.32 Å². The third kappa shape index (κ3) is 3.57. The number of piperidine rings is 1. The van der Waals surface area contributed by atoms with Crippen molar-refractivity contribution in [2.45, 2.75) is 44.7 Å². The predicted octanol–water partition coefficient (Wildman–Crippen LogP) is 2.88. The maximum Gasteiger partial charge on any atom is 0.224 e. The van der Waals surface area contributed by atoms with Gasteiger partial charge in [0.15, 0.2) is 0 Å². The van der Waals surface area contributed by atoms with Crippen LogP contribution in [0.25, 0.3) is 0 Å². The Kier molecular flexibility index (Phi) is 5.12. The molecular weight excluding hydrogens is 255 g/mol. The first-order valence-corrected chi connectivity index (χ1v) is 7.33. The Hall–Kier alpha value is -1.42. The first-order chi connectivity index (χ1) is 9.59. The quantitative estimate of drug-likeness (QED) is 0.918. The number of benzene rings is 1. The molecule has 0 bridgehead atoms. The molecule has 2 atom stereocenters. The van der Waals surface area contributed by atoms with Gasteiger partial charge in [0, 0.05) is 25.1 Å². The Balaban J connectivity index is 1.97. The fourth-order valence-corrected chi connectivity index (χ4v) is 2.69. The van der Waals surface area contributed by atoms with Gasteiger partial charge in [-0.2, -0.15) is 0 Å². The van der Waals surface area contributed by atoms with Crippen molar-refractivity contribution in [2.75, 3.05) is 13.6 Å². The number of hydrogen-bond acceptors (Lipinski definition) is 2. The molecule has 1 aliphatic heterocycles. The van der Waals surface area contributed by atoms with Gasteiger partial charge in [-0.3, -0.25) is 4.79 Å². The van der Waals surface area contributed by atoms with Gasteiger partial charge in [0.1, 0.15) is 5.82 Å². The minimum atomic E-state index is -0.254. The van der Waals surface area contributed by atoms with Gasteiger partial charge in [-0.1, -0.05) is 24.6 Å². The van der Waals surface area contributed by atoms with Crippen LogP contribution >= 0.6 is 0 Å². The topological polar surface area (TPSA) is 32.3 Å². The molecule has 0 saturated carbocycles. The average molecular weight is 278 g/mol. The van der Waals surface area contributed by atoms with Crippen molar-refractivity contribution >= 4 is 5.91 Å². The molecule has 1 aliphatic rings. The molecule has 3 nitrogen and oxygen atoms in total. The zero-order valence-corrected chi connectivity index (χ0v) is 12.2. The highest BCUT2D eigenvalue weighted by atomic mass is 19.1. The first-order valence-electron chi connectivity index (χ1n) is 7.33. The fourth-order valence-electron chi connectivity index (χ4n) is 2.69. The summed E-state index contributed by atoms with van der Waals surface area (Å²) in [5.74, 6) is -0.185. The lowest BCUT2D eigenvalue weighted by atomic mass is 10.0. The lowest BCUT2D eigenvalue weighted by Crippen LogP contribution is -2.40. The highest BCUT2D eigenvalue weighted by molar-refractivity contribution is 5.77. The molecule has 0 aliphatic carbocycles. The van der Waals surface area contributed by atoms with E-state index in [0.717, 1.165) is 13.0 Å². The van der Waals surface area contributed by atoms with Gasteiger partial charge in [-0.25, -0.2) is 4.39 Å². The molecule has 1 amide bonds. The van der Waals surface area contributed by atoms with E-state index in [1.165, 1.54) is 18.9 Å². The number of carbonyl (C=O) groups excluding carboxylic acids is 1. The average Bonchev–Trinajstić information content (AvgIpc) is 2.47. The number of rotatable bonds is 4. The Morgan fingerprint density at radius 2 is 2.20 bits per heavy atom. The lowest BCUT2D eigenvalue weighted by molar-refractivity contribution is -0.132. The van der Waals surface area contributed by atoms with E-state index in [1.807, 2.05) is 6.92 Å². The van der Waals surface area contributed by atoms with Crippen molar-refractivity contribution in [3.05, 3.63) is 35.6 Å². The van der Waals surface area contributed by atoms with Crippen LogP contribution in [-0.4, -0.2) is 30.4 Å². The van der Waals surface area contributed by atoms with Crippen LogP contribution in [0.4, 0.5) is 4.39 Å². The Morgan fingerprint density at radius 1 is 1.45 bits per heavy atom. The van der Waals surface area contributed by atoms with E-state index in [0.29, 0.717) is 12.0 Å². The number of nitrogens with one attached hydrogen (secondary N) is 1. The van der Waals surface area contributed by atoms with Gasteiger partial charge in [0.2, 0.25) is 5.91 Å². The van der Waals surface area contributed by atoms with Crippen LogP contribution in [-0.2, 0) is 4.79 Å². The van der Waals surface area contributed by atoms with Gasteiger partial charge in [-0.15, -0.1) is 0 Å². The summed E-state index contributed by atoms with van der Waals surface area (Å²) >= 11 is 0. The van der Waals surface area contributed by atoms with Gasteiger partial charge >= 0.3 is 0 Å². The molecule has 1 N–H and O–H groups in total. The molecule has 0 spiro atoms. The third-order valence-electron chi connectivity index (χ3n) is 4.16. The fraction of sp³-hybridized carbons (Fsp3) is 0.562. The van der Waals surface area contributed by atoms with Crippen molar-refractivity contribution in [3.8, 4) is 0 Å². The summed E-state index contributed by atoms with van der Waals surface area (Å²) in [5, 5.41) is 3.37. The predicted molar refractivity (Wildman–Crippen MR) is 77.8 cm³/mol. The minimum absolute atomic E-state index is 0.0696. The van der Waals surface area contributed by atoms with E-state index < -0.39 is 0 Å².